The summed E-state index contributed by atoms with van der Waals surface area (Å²) in [5.41, 5.74) is 7.94. The number of aryl methyl sites for hydroxylation is 1. The molecule has 0 fully saturated rings. The SMILES string of the molecule is Cc1ccc(-n2nccc2N)cc1. The van der Waals surface area contributed by atoms with Crippen molar-refractivity contribution in [1.29, 1.82) is 0 Å². The average molecular weight is 173 g/mol. The van der Waals surface area contributed by atoms with Gasteiger partial charge < -0.3 is 5.73 Å². The summed E-state index contributed by atoms with van der Waals surface area (Å²) >= 11 is 0. The molecule has 0 saturated heterocycles. The molecule has 0 bridgehead atoms. The lowest BCUT2D eigenvalue weighted by Crippen LogP contribution is -2.00. The molecule has 3 heteroatoms. The molecule has 1 aromatic carbocycles. The van der Waals surface area contributed by atoms with Crippen LogP contribution in [0.25, 0.3) is 5.69 Å². The maximum atomic E-state index is 5.71. The average Bonchev–Trinajstić information content (AvgIpc) is 2.53. The first kappa shape index (κ1) is 7.86. The van der Waals surface area contributed by atoms with Gasteiger partial charge in [0, 0.05) is 6.07 Å². The molecule has 0 aliphatic carbocycles. The summed E-state index contributed by atoms with van der Waals surface area (Å²) in [5, 5.41) is 4.11. The number of rotatable bonds is 1. The van der Waals surface area contributed by atoms with Gasteiger partial charge in [0.05, 0.1) is 11.9 Å². The van der Waals surface area contributed by atoms with E-state index in [2.05, 4.69) is 12.0 Å². The van der Waals surface area contributed by atoms with E-state index in [1.54, 1.807) is 16.9 Å². The van der Waals surface area contributed by atoms with Crippen LogP contribution >= 0.6 is 0 Å². The Balaban J connectivity index is 2.47. The molecule has 0 amide bonds. The Morgan fingerprint density at radius 3 is 2.38 bits per heavy atom. The molecule has 0 spiro atoms. The Kier molecular flexibility index (Phi) is 1.77. The van der Waals surface area contributed by atoms with Crippen LogP contribution in [0.1, 0.15) is 5.56 Å². The summed E-state index contributed by atoms with van der Waals surface area (Å²) in [6.45, 7) is 2.05. The van der Waals surface area contributed by atoms with Crippen molar-refractivity contribution in [3.63, 3.8) is 0 Å². The second kappa shape index (κ2) is 2.94. The lowest BCUT2D eigenvalue weighted by atomic mass is 10.2. The predicted molar refractivity (Wildman–Crippen MR) is 52.7 cm³/mol. The van der Waals surface area contributed by atoms with Gasteiger partial charge in [0.25, 0.3) is 0 Å². The highest BCUT2D eigenvalue weighted by Crippen LogP contribution is 2.11. The smallest absolute Gasteiger partial charge is 0.127 e. The summed E-state index contributed by atoms with van der Waals surface area (Å²) in [4.78, 5) is 0. The van der Waals surface area contributed by atoms with Gasteiger partial charge in [0.2, 0.25) is 0 Å². The van der Waals surface area contributed by atoms with Crippen LogP contribution in [0.2, 0.25) is 0 Å². The number of nitrogens with two attached hydrogens (primary N) is 1. The molecular weight excluding hydrogens is 162 g/mol. The molecule has 0 saturated carbocycles. The molecule has 3 nitrogen and oxygen atoms in total. The number of anilines is 1. The van der Waals surface area contributed by atoms with E-state index in [1.165, 1.54) is 5.56 Å². The number of hydrogen-bond donors (Lipinski definition) is 1. The van der Waals surface area contributed by atoms with Gasteiger partial charge in [-0.05, 0) is 19.1 Å². The molecule has 0 radical (unpaired) electrons. The fourth-order valence-electron chi connectivity index (χ4n) is 1.22. The van der Waals surface area contributed by atoms with E-state index in [0.29, 0.717) is 5.82 Å². The maximum absolute atomic E-state index is 5.71. The Labute approximate surface area is 76.8 Å². The van der Waals surface area contributed by atoms with E-state index < -0.39 is 0 Å². The van der Waals surface area contributed by atoms with Crippen LogP contribution < -0.4 is 5.73 Å². The molecule has 0 atom stereocenters. The van der Waals surface area contributed by atoms with Gasteiger partial charge in [-0.2, -0.15) is 5.10 Å². The summed E-state index contributed by atoms with van der Waals surface area (Å²) < 4.78 is 1.71. The first-order chi connectivity index (χ1) is 6.27. The normalized spacial score (nSPS) is 10.2. The predicted octanol–water partition coefficient (Wildman–Crippen LogP) is 1.76. The van der Waals surface area contributed by atoms with Crippen molar-refractivity contribution in [1.82, 2.24) is 9.78 Å². The standard InChI is InChI=1S/C10H11N3/c1-8-2-4-9(5-3-8)13-10(11)6-7-12-13/h2-7H,11H2,1H3. The second-order valence-corrected chi connectivity index (χ2v) is 3.00. The van der Waals surface area contributed by atoms with Crippen LogP contribution in [-0.2, 0) is 0 Å². The highest BCUT2D eigenvalue weighted by Gasteiger charge is 1.99. The van der Waals surface area contributed by atoms with Crippen molar-refractivity contribution in [2.24, 2.45) is 0 Å². The third kappa shape index (κ3) is 1.40. The van der Waals surface area contributed by atoms with Crippen molar-refractivity contribution >= 4 is 5.82 Å². The summed E-state index contributed by atoms with van der Waals surface area (Å²) in [5.74, 6) is 0.656. The largest absolute Gasteiger partial charge is 0.384 e. The van der Waals surface area contributed by atoms with Gasteiger partial charge >= 0.3 is 0 Å². The van der Waals surface area contributed by atoms with Crippen LogP contribution in [0.4, 0.5) is 5.82 Å². The number of nitrogen functional groups attached to an aromatic ring is 1. The van der Waals surface area contributed by atoms with Crippen molar-refractivity contribution in [3.8, 4) is 5.69 Å². The highest BCUT2D eigenvalue weighted by molar-refractivity contribution is 5.41. The van der Waals surface area contributed by atoms with Crippen LogP contribution in [0.5, 0.6) is 0 Å². The Morgan fingerprint density at radius 2 is 1.85 bits per heavy atom. The van der Waals surface area contributed by atoms with Gasteiger partial charge in [-0.25, -0.2) is 4.68 Å². The molecule has 66 valence electrons. The highest BCUT2D eigenvalue weighted by atomic mass is 15.3. The van der Waals surface area contributed by atoms with Gasteiger partial charge in [-0.3, -0.25) is 0 Å². The minimum absolute atomic E-state index is 0.656. The van der Waals surface area contributed by atoms with Crippen molar-refractivity contribution < 1.29 is 0 Å². The van der Waals surface area contributed by atoms with Gasteiger partial charge in [-0.1, -0.05) is 17.7 Å². The Bertz CT molecular complexity index is 400. The molecule has 2 rings (SSSR count). The number of benzene rings is 1. The molecule has 1 aromatic heterocycles. The van der Waals surface area contributed by atoms with Crippen molar-refractivity contribution in [2.45, 2.75) is 6.92 Å². The molecule has 1 heterocycles. The van der Waals surface area contributed by atoms with E-state index in [4.69, 9.17) is 5.73 Å². The van der Waals surface area contributed by atoms with Crippen LogP contribution in [-0.4, -0.2) is 9.78 Å². The molecule has 0 aliphatic rings. The number of nitrogens with zero attached hydrogens (tertiary/aromatic N) is 2. The van der Waals surface area contributed by atoms with E-state index in [9.17, 15) is 0 Å². The van der Waals surface area contributed by atoms with E-state index in [-0.39, 0.29) is 0 Å². The maximum Gasteiger partial charge on any atom is 0.127 e. The zero-order chi connectivity index (χ0) is 9.26. The zero-order valence-electron chi connectivity index (χ0n) is 7.44. The Hall–Kier alpha value is -1.77. The first-order valence-electron chi connectivity index (χ1n) is 4.14. The molecule has 2 N–H and O–H groups in total. The molecule has 2 aromatic rings. The van der Waals surface area contributed by atoms with Crippen LogP contribution in [0, 0.1) is 6.92 Å². The quantitative estimate of drug-likeness (QED) is 0.714. The van der Waals surface area contributed by atoms with E-state index in [0.717, 1.165) is 5.69 Å². The van der Waals surface area contributed by atoms with Gasteiger partial charge in [-0.15, -0.1) is 0 Å². The van der Waals surface area contributed by atoms with E-state index >= 15 is 0 Å². The minimum Gasteiger partial charge on any atom is -0.384 e. The fraction of sp³-hybridized carbons (Fsp3) is 0.100. The molecule has 0 unspecified atom stereocenters. The topological polar surface area (TPSA) is 43.8 Å². The first-order valence-corrected chi connectivity index (χ1v) is 4.14. The lowest BCUT2D eigenvalue weighted by molar-refractivity contribution is 0.891. The van der Waals surface area contributed by atoms with E-state index in [1.807, 2.05) is 24.3 Å². The third-order valence-electron chi connectivity index (χ3n) is 1.95. The van der Waals surface area contributed by atoms with Gasteiger partial charge in [0.15, 0.2) is 0 Å². The molecule has 0 aliphatic heterocycles. The van der Waals surface area contributed by atoms with Crippen LogP contribution in [0.3, 0.4) is 0 Å². The molecular formula is C10H11N3. The van der Waals surface area contributed by atoms with Crippen molar-refractivity contribution in [2.75, 3.05) is 5.73 Å². The number of hydrogen-bond acceptors (Lipinski definition) is 2. The monoisotopic (exact) mass is 173 g/mol. The zero-order valence-corrected chi connectivity index (χ0v) is 7.44. The molecule has 13 heavy (non-hydrogen) atoms. The minimum atomic E-state index is 0.656. The van der Waals surface area contributed by atoms with Crippen molar-refractivity contribution in [3.05, 3.63) is 42.1 Å². The Morgan fingerprint density at radius 1 is 1.15 bits per heavy atom. The lowest BCUT2D eigenvalue weighted by Gasteiger charge is -2.03. The second-order valence-electron chi connectivity index (χ2n) is 3.00. The third-order valence-corrected chi connectivity index (χ3v) is 1.95. The summed E-state index contributed by atoms with van der Waals surface area (Å²) in [6.07, 6.45) is 1.69. The number of aromatic nitrogens is 2. The van der Waals surface area contributed by atoms with Crippen LogP contribution in [0.15, 0.2) is 36.5 Å². The van der Waals surface area contributed by atoms with Gasteiger partial charge in [0.1, 0.15) is 5.82 Å². The fourth-order valence-corrected chi connectivity index (χ4v) is 1.22. The summed E-state index contributed by atoms with van der Waals surface area (Å²) in [7, 11) is 0. The summed E-state index contributed by atoms with van der Waals surface area (Å²) in [6, 6.07) is 9.85.